The van der Waals surface area contributed by atoms with Gasteiger partial charge in [0.25, 0.3) is 0 Å². The van der Waals surface area contributed by atoms with Crippen molar-refractivity contribution in [1.82, 2.24) is 15.0 Å². The summed E-state index contributed by atoms with van der Waals surface area (Å²) in [6, 6.07) is 4.32. The summed E-state index contributed by atoms with van der Waals surface area (Å²) in [7, 11) is 3.14. The number of nitrogens with zero attached hydrogens (tertiary/aromatic N) is 3. The highest BCUT2D eigenvalue weighted by Gasteiger charge is 2.10. The molecule has 0 radical (unpaired) electrons. The first-order valence-electron chi connectivity index (χ1n) is 6.33. The number of ether oxygens (including phenoxy) is 2. The van der Waals surface area contributed by atoms with Gasteiger partial charge in [0.2, 0.25) is 11.9 Å². The first-order chi connectivity index (χ1) is 10.2. The number of hydrogen-bond donors (Lipinski definition) is 2. The standard InChI is InChI=1S/C13H16FN5O2/c1-4-21-13-18-11(15-2)17-12(19-13)16-9-6-5-8(14)7-10(9)20-3/h5-7H,4H2,1-3H3,(H2,15,16,17,18,19). The molecule has 1 heterocycles. The van der Waals surface area contributed by atoms with E-state index in [0.29, 0.717) is 24.0 Å². The van der Waals surface area contributed by atoms with Gasteiger partial charge in [0.15, 0.2) is 0 Å². The quantitative estimate of drug-likeness (QED) is 0.845. The summed E-state index contributed by atoms with van der Waals surface area (Å²) in [5.41, 5.74) is 0.537. The van der Waals surface area contributed by atoms with Crippen molar-refractivity contribution in [3.05, 3.63) is 24.0 Å². The van der Waals surface area contributed by atoms with Crippen molar-refractivity contribution in [2.45, 2.75) is 6.92 Å². The molecule has 8 heteroatoms. The molecule has 0 saturated heterocycles. The van der Waals surface area contributed by atoms with Crippen molar-refractivity contribution in [1.29, 1.82) is 0 Å². The molecular weight excluding hydrogens is 277 g/mol. The van der Waals surface area contributed by atoms with Gasteiger partial charge in [-0.25, -0.2) is 4.39 Å². The van der Waals surface area contributed by atoms with Gasteiger partial charge in [-0.1, -0.05) is 0 Å². The van der Waals surface area contributed by atoms with Crippen LogP contribution in [0.3, 0.4) is 0 Å². The van der Waals surface area contributed by atoms with Crippen LogP contribution in [0, 0.1) is 5.82 Å². The summed E-state index contributed by atoms with van der Waals surface area (Å²) in [6.45, 7) is 2.27. The van der Waals surface area contributed by atoms with Gasteiger partial charge in [-0.3, -0.25) is 0 Å². The highest BCUT2D eigenvalue weighted by molar-refractivity contribution is 5.63. The number of aromatic nitrogens is 3. The Balaban J connectivity index is 2.32. The third kappa shape index (κ3) is 3.68. The van der Waals surface area contributed by atoms with Crippen molar-refractivity contribution >= 4 is 17.6 Å². The Morgan fingerprint density at radius 2 is 1.95 bits per heavy atom. The van der Waals surface area contributed by atoms with E-state index in [1.54, 1.807) is 7.05 Å². The van der Waals surface area contributed by atoms with Crippen molar-refractivity contribution in [2.24, 2.45) is 0 Å². The number of halogens is 1. The van der Waals surface area contributed by atoms with Crippen LogP contribution in [0.1, 0.15) is 6.92 Å². The molecule has 2 aromatic rings. The van der Waals surface area contributed by atoms with Gasteiger partial charge in [0.05, 0.1) is 19.4 Å². The fraction of sp³-hybridized carbons (Fsp3) is 0.308. The molecule has 0 fully saturated rings. The molecule has 0 amide bonds. The summed E-state index contributed by atoms with van der Waals surface area (Å²) in [5.74, 6) is 0.582. The van der Waals surface area contributed by atoms with Crippen LogP contribution in [0.2, 0.25) is 0 Å². The van der Waals surface area contributed by atoms with E-state index < -0.39 is 0 Å². The second-order valence-electron chi connectivity index (χ2n) is 3.92. The molecule has 0 unspecified atom stereocenters. The van der Waals surface area contributed by atoms with E-state index >= 15 is 0 Å². The molecule has 112 valence electrons. The molecule has 21 heavy (non-hydrogen) atoms. The van der Waals surface area contributed by atoms with Crippen LogP contribution in [0.4, 0.5) is 22.0 Å². The Morgan fingerprint density at radius 1 is 1.19 bits per heavy atom. The summed E-state index contributed by atoms with van der Waals surface area (Å²) in [4.78, 5) is 12.3. The van der Waals surface area contributed by atoms with Crippen molar-refractivity contribution in [2.75, 3.05) is 31.4 Å². The van der Waals surface area contributed by atoms with Crippen LogP contribution < -0.4 is 20.1 Å². The Bertz CT molecular complexity index is 624. The first kappa shape index (κ1) is 14.8. The monoisotopic (exact) mass is 293 g/mol. The zero-order valence-corrected chi connectivity index (χ0v) is 12.0. The smallest absolute Gasteiger partial charge is 0.323 e. The van der Waals surface area contributed by atoms with Gasteiger partial charge in [0.1, 0.15) is 11.6 Å². The third-order valence-corrected chi connectivity index (χ3v) is 2.52. The SMILES string of the molecule is CCOc1nc(NC)nc(Nc2ccc(F)cc2OC)n1. The molecular formula is C13H16FN5O2. The Labute approximate surface area is 121 Å². The molecule has 0 atom stereocenters. The van der Waals surface area contributed by atoms with E-state index in [-0.39, 0.29) is 17.8 Å². The predicted molar refractivity (Wildman–Crippen MR) is 76.8 cm³/mol. The topological polar surface area (TPSA) is 81.2 Å². The predicted octanol–water partition coefficient (Wildman–Crippen LogP) is 2.20. The van der Waals surface area contributed by atoms with Crippen LogP contribution in [0.5, 0.6) is 11.8 Å². The molecule has 2 rings (SSSR count). The molecule has 0 bridgehead atoms. The lowest BCUT2D eigenvalue weighted by molar-refractivity contribution is 0.312. The lowest BCUT2D eigenvalue weighted by atomic mass is 10.3. The fourth-order valence-electron chi connectivity index (χ4n) is 1.61. The van der Waals surface area contributed by atoms with Gasteiger partial charge in [-0.05, 0) is 19.1 Å². The average Bonchev–Trinajstić information content (AvgIpc) is 2.49. The second kappa shape index (κ2) is 6.69. The van der Waals surface area contributed by atoms with Gasteiger partial charge < -0.3 is 20.1 Å². The minimum atomic E-state index is -0.390. The van der Waals surface area contributed by atoms with E-state index in [9.17, 15) is 4.39 Å². The molecule has 0 aliphatic carbocycles. The Hall–Kier alpha value is -2.64. The Kier molecular flexibility index (Phi) is 4.70. The van der Waals surface area contributed by atoms with Crippen molar-refractivity contribution in [3.63, 3.8) is 0 Å². The van der Waals surface area contributed by atoms with Gasteiger partial charge in [0, 0.05) is 13.1 Å². The summed E-state index contributed by atoms with van der Waals surface area (Å²) < 4.78 is 23.6. The molecule has 1 aromatic heterocycles. The molecule has 1 aromatic carbocycles. The van der Waals surface area contributed by atoms with E-state index in [4.69, 9.17) is 9.47 Å². The molecule has 7 nitrogen and oxygen atoms in total. The van der Waals surface area contributed by atoms with Crippen molar-refractivity contribution < 1.29 is 13.9 Å². The third-order valence-electron chi connectivity index (χ3n) is 2.52. The average molecular weight is 293 g/mol. The highest BCUT2D eigenvalue weighted by Crippen LogP contribution is 2.27. The zero-order valence-electron chi connectivity index (χ0n) is 12.0. The van der Waals surface area contributed by atoms with Gasteiger partial charge in [-0.15, -0.1) is 0 Å². The van der Waals surface area contributed by atoms with Gasteiger partial charge >= 0.3 is 6.01 Å². The lowest BCUT2D eigenvalue weighted by Crippen LogP contribution is -2.07. The zero-order chi connectivity index (χ0) is 15.2. The molecule has 0 saturated carbocycles. The maximum Gasteiger partial charge on any atom is 0.323 e. The molecule has 0 aliphatic rings. The fourth-order valence-corrected chi connectivity index (χ4v) is 1.61. The second-order valence-corrected chi connectivity index (χ2v) is 3.92. The van der Waals surface area contributed by atoms with E-state index in [2.05, 4.69) is 25.6 Å². The number of nitrogens with one attached hydrogen (secondary N) is 2. The molecule has 0 spiro atoms. The van der Waals surface area contributed by atoms with Crippen LogP contribution in [0.25, 0.3) is 0 Å². The van der Waals surface area contributed by atoms with Crippen molar-refractivity contribution in [3.8, 4) is 11.8 Å². The molecule has 2 N–H and O–H groups in total. The summed E-state index contributed by atoms with van der Waals surface area (Å²) in [5, 5.41) is 5.77. The summed E-state index contributed by atoms with van der Waals surface area (Å²) >= 11 is 0. The number of anilines is 3. The highest BCUT2D eigenvalue weighted by atomic mass is 19.1. The van der Waals surface area contributed by atoms with E-state index in [0.717, 1.165) is 0 Å². The number of hydrogen-bond acceptors (Lipinski definition) is 7. The molecule has 0 aliphatic heterocycles. The van der Waals surface area contributed by atoms with Crippen LogP contribution in [-0.4, -0.2) is 35.7 Å². The number of methoxy groups -OCH3 is 1. The normalized spacial score (nSPS) is 10.1. The van der Waals surface area contributed by atoms with Crippen LogP contribution in [0.15, 0.2) is 18.2 Å². The maximum absolute atomic E-state index is 13.2. The summed E-state index contributed by atoms with van der Waals surface area (Å²) in [6.07, 6.45) is 0. The number of rotatable bonds is 6. The minimum absolute atomic E-state index is 0.195. The lowest BCUT2D eigenvalue weighted by Gasteiger charge is -2.11. The minimum Gasteiger partial charge on any atom is -0.494 e. The Morgan fingerprint density at radius 3 is 2.62 bits per heavy atom. The first-order valence-corrected chi connectivity index (χ1v) is 6.33. The van der Waals surface area contributed by atoms with Gasteiger partial charge in [-0.2, -0.15) is 15.0 Å². The maximum atomic E-state index is 13.2. The van der Waals surface area contributed by atoms with Crippen LogP contribution in [-0.2, 0) is 0 Å². The number of benzene rings is 1. The van der Waals surface area contributed by atoms with E-state index in [1.165, 1.54) is 25.3 Å². The van der Waals surface area contributed by atoms with E-state index in [1.807, 2.05) is 6.92 Å². The van der Waals surface area contributed by atoms with Crippen LogP contribution >= 0.6 is 0 Å². The largest absolute Gasteiger partial charge is 0.494 e.